The summed E-state index contributed by atoms with van der Waals surface area (Å²) in [5.74, 6) is 0.173. The smallest absolute Gasteiger partial charge is 0.222 e. The molecule has 1 aromatic heterocycles. The van der Waals surface area contributed by atoms with Gasteiger partial charge in [0.1, 0.15) is 0 Å². The number of nitrogens with zero attached hydrogens (tertiary/aromatic N) is 3. The van der Waals surface area contributed by atoms with Crippen molar-refractivity contribution in [1.29, 1.82) is 0 Å². The van der Waals surface area contributed by atoms with Crippen molar-refractivity contribution in [2.24, 2.45) is 12.8 Å². The van der Waals surface area contributed by atoms with E-state index in [4.69, 9.17) is 5.73 Å². The van der Waals surface area contributed by atoms with Crippen molar-refractivity contribution in [3.63, 3.8) is 0 Å². The van der Waals surface area contributed by atoms with Gasteiger partial charge in [-0.05, 0) is 12.8 Å². The number of likely N-dealkylation sites (tertiary alicyclic amines) is 1. The third-order valence-electron chi connectivity index (χ3n) is 4.03. The molecule has 1 amide bonds. The highest BCUT2D eigenvalue weighted by Crippen LogP contribution is 2.35. The Bertz CT molecular complexity index is 500. The fraction of sp³-hybridized carbons (Fsp3) is 0.733. The molecule has 5 nitrogen and oxygen atoms in total. The number of hydrogen-bond donors (Lipinski definition) is 1. The summed E-state index contributed by atoms with van der Waals surface area (Å²) in [5, 5.41) is 4.60. The van der Waals surface area contributed by atoms with E-state index in [9.17, 15) is 4.79 Å². The number of amides is 1. The first kappa shape index (κ1) is 15.0. The van der Waals surface area contributed by atoms with Crippen molar-refractivity contribution in [3.8, 4) is 0 Å². The summed E-state index contributed by atoms with van der Waals surface area (Å²) in [5.41, 5.74) is 8.41. The fourth-order valence-electron chi connectivity index (χ4n) is 3.01. The summed E-state index contributed by atoms with van der Waals surface area (Å²) in [7, 11) is 3.78. The van der Waals surface area contributed by atoms with Gasteiger partial charge in [0.25, 0.3) is 0 Å². The number of carbonyl (C=O) groups is 1. The second-order valence-corrected chi connectivity index (χ2v) is 6.86. The van der Waals surface area contributed by atoms with E-state index in [0.717, 1.165) is 24.1 Å². The Kier molecular flexibility index (Phi) is 3.91. The van der Waals surface area contributed by atoms with E-state index in [0.29, 0.717) is 6.42 Å². The lowest BCUT2D eigenvalue weighted by Gasteiger charge is -2.32. The standard InChI is InChI=1S/C15H26N4O/c1-15(2,3)14-10(9-18(4)17-14)13-11(16)7-6-8-12(20)19(13)5/h9,11,13H,6-8,16H2,1-5H3. The largest absolute Gasteiger partial charge is 0.337 e. The number of rotatable bonds is 1. The molecule has 1 aliphatic heterocycles. The molecule has 0 saturated carbocycles. The van der Waals surface area contributed by atoms with E-state index < -0.39 is 0 Å². The van der Waals surface area contributed by atoms with E-state index in [1.165, 1.54) is 0 Å². The first-order valence-corrected chi connectivity index (χ1v) is 7.27. The van der Waals surface area contributed by atoms with Crippen molar-refractivity contribution >= 4 is 5.91 Å². The molecule has 0 aliphatic carbocycles. The van der Waals surface area contributed by atoms with Crippen molar-refractivity contribution in [2.45, 2.75) is 57.5 Å². The van der Waals surface area contributed by atoms with Gasteiger partial charge >= 0.3 is 0 Å². The van der Waals surface area contributed by atoms with E-state index in [1.54, 1.807) is 0 Å². The lowest BCUT2D eigenvalue weighted by atomic mass is 9.85. The molecule has 2 N–H and O–H groups in total. The van der Waals surface area contributed by atoms with E-state index in [2.05, 4.69) is 25.9 Å². The molecule has 2 atom stereocenters. The maximum Gasteiger partial charge on any atom is 0.222 e. The summed E-state index contributed by atoms with van der Waals surface area (Å²) < 4.78 is 1.83. The highest BCUT2D eigenvalue weighted by atomic mass is 16.2. The van der Waals surface area contributed by atoms with Gasteiger partial charge in [-0.1, -0.05) is 20.8 Å². The molecule has 112 valence electrons. The third-order valence-corrected chi connectivity index (χ3v) is 4.03. The normalized spacial score (nSPS) is 24.9. The van der Waals surface area contributed by atoms with Crippen molar-refractivity contribution < 1.29 is 4.79 Å². The van der Waals surface area contributed by atoms with Gasteiger partial charge in [-0.25, -0.2) is 0 Å². The molecule has 0 spiro atoms. The molecule has 5 heteroatoms. The lowest BCUT2D eigenvalue weighted by Crippen LogP contribution is -2.40. The molecule has 0 bridgehead atoms. The average Bonchev–Trinajstić information content (AvgIpc) is 2.65. The van der Waals surface area contributed by atoms with Crippen LogP contribution in [-0.2, 0) is 17.3 Å². The van der Waals surface area contributed by atoms with Gasteiger partial charge in [-0.2, -0.15) is 5.10 Å². The van der Waals surface area contributed by atoms with Crippen molar-refractivity contribution in [3.05, 3.63) is 17.5 Å². The van der Waals surface area contributed by atoms with Crippen LogP contribution in [0.5, 0.6) is 0 Å². The molecular formula is C15H26N4O. The van der Waals surface area contributed by atoms with E-state index in [-0.39, 0.29) is 23.4 Å². The zero-order valence-electron chi connectivity index (χ0n) is 13.2. The Morgan fingerprint density at radius 1 is 1.35 bits per heavy atom. The minimum Gasteiger partial charge on any atom is -0.337 e. The number of carbonyl (C=O) groups excluding carboxylic acids is 1. The highest BCUT2D eigenvalue weighted by molar-refractivity contribution is 5.77. The number of aromatic nitrogens is 2. The quantitative estimate of drug-likeness (QED) is 0.851. The summed E-state index contributed by atoms with van der Waals surface area (Å²) >= 11 is 0. The molecule has 0 radical (unpaired) electrons. The molecule has 2 heterocycles. The Balaban J connectivity index is 2.50. The van der Waals surface area contributed by atoms with Gasteiger partial charge in [0, 0.05) is 43.7 Å². The SMILES string of the molecule is CN1C(=O)CCCC(N)C1c1cn(C)nc1C(C)(C)C. The van der Waals surface area contributed by atoms with Gasteiger partial charge in [0.05, 0.1) is 11.7 Å². The second-order valence-electron chi connectivity index (χ2n) is 6.86. The first-order chi connectivity index (χ1) is 9.21. The van der Waals surface area contributed by atoms with E-state index in [1.807, 2.05) is 29.9 Å². The number of hydrogen-bond acceptors (Lipinski definition) is 3. The number of aryl methyl sites for hydroxylation is 1. The lowest BCUT2D eigenvalue weighted by molar-refractivity contribution is -0.131. The average molecular weight is 278 g/mol. The zero-order valence-corrected chi connectivity index (χ0v) is 13.2. The molecule has 0 aromatic carbocycles. The van der Waals surface area contributed by atoms with Crippen LogP contribution in [0.2, 0.25) is 0 Å². The van der Waals surface area contributed by atoms with Gasteiger partial charge < -0.3 is 10.6 Å². The monoisotopic (exact) mass is 278 g/mol. The second kappa shape index (κ2) is 5.20. The van der Waals surface area contributed by atoms with Gasteiger partial charge in [-0.3, -0.25) is 9.48 Å². The summed E-state index contributed by atoms with van der Waals surface area (Å²) in [4.78, 5) is 14.0. The predicted octanol–water partition coefficient (Wildman–Crippen LogP) is 1.73. The predicted molar refractivity (Wildman–Crippen MR) is 79.2 cm³/mol. The minimum atomic E-state index is -0.0760. The van der Waals surface area contributed by atoms with Crippen LogP contribution in [0, 0.1) is 0 Å². The number of likely N-dealkylation sites (N-methyl/N-ethyl adjacent to an activating group) is 1. The van der Waals surface area contributed by atoms with Crippen LogP contribution in [0.15, 0.2) is 6.20 Å². The minimum absolute atomic E-state index is 0.0308. The van der Waals surface area contributed by atoms with Crippen LogP contribution >= 0.6 is 0 Å². The van der Waals surface area contributed by atoms with Gasteiger partial charge in [0.2, 0.25) is 5.91 Å². The topological polar surface area (TPSA) is 64.2 Å². The molecule has 1 aromatic rings. The Labute approximate surface area is 121 Å². The first-order valence-electron chi connectivity index (χ1n) is 7.27. The molecule has 20 heavy (non-hydrogen) atoms. The molecule has 2 rings (SSSR count). The van der Waals surface area contributed by atoms with Crippen molar-refractivity contribution in [1.82, 2.24) is 14.7 Å². The zero-order chi connectivity index (χ0) is 15.1. The molecule has 1 aliphatic rings. The Hall–Kier alpha value is -1.36. The maximum atomic E-state index is 12.2. The summed E-state index contributed by atoms with van der Waals surface area (Å²) in [6, 6.07) is -0.107. The van der Waals surface area contributed by atoms with Crippen LogP contribution in [-0.4, -0.2) is 33.7 Å². The molecule has 1 fully saturated rings. The van der Waals surface area contributed by atoms with Crippen LogP contribution in [0.25, 0.3) is 0 Å². The highest BCUT2D eigenvalue weighted by Gasteiger charge is 2.35. The third kappa shape index (κ3) is 2.73. The maximum absolute atomic E-state index is 12.2. The Morgan fingerprint density at radius 3 is 2.60 bits per heavy atom. The summed E-state index contributed by atoms with van der Waals surface area (Å²) in [6.45, 7) is 6.43. The fourth-order valence-corrected chi connectivity index (χ4v) is 3.01. The van der Waals surface area contributed by atoms with Crippen molar-refractivity contribution in [2.75, 3.05) is 7.05 Å². The van der Waals surface area contributed by atoms with Crippen LogP contribution in [0.4, 0.5) is 0 Å². The molecular weight excluding hydrogens is 252 g/mol. The number of nitrogens with two attached hydrogens (primary N) is 1. The van der Waals surface area contributed by atoms with Crippen LogP contribution < -0.4 is 5.73 Å². The summed E-state index contributed by atoms with van der Waals surface area (Å²) in [6.07, 6.45) is 4.34. The van der Waals surface area contributed by atoms with Crippen LogP contribution in [0.3, 0.4) is 0 Å². The van der Waals surface area contributed by atoms with Gasteiger partial charge in [0.15, 0.2) is 0 Å². The molecule has 2 unspecified atom stereocenters. The van der Waals surface area contributed by atoms with Crippen LogP contribution in [0.1, 0.15) is 57.3 Å². The molecule has 1 saturated heterocycles. The Morgan fingerprint density at radius 2 is 2.00 bits per heavy atom. The van der Waals surface area contributed by atoms with E-state index >= 15 is 0 Å². The van der Waals surface area contributed by atoms with Gasteiger partial charge in [-0.15, -0.1) is 0 Å².